The lowest BCUT2D eigenvalue weighted by Crippen LogP contribution is -2.10. The van der Waals surface area contributed by atoms with Crippen LogP contribution in [0.4, 0.5) is 0 Å². The molecule has 0 spiro atoms. The second kappa shape index (κ2) is 4.61. The maximum Gasteiger partial charge on any atom is 0.217 e. The number of aryl methyl sites for hydroxylation is 1. The van der Waals surface area contributed by atoms with Gasteiger partial charge in [-0.05, 0) is 24.3 Å². The van der Waals surface area contributed by atoms with Gasteiger partial charge in [0.25, 0.3) is 0 Å². The van der Waals surface area contributed by atoms with E-state index in [1.54, 1.807) is 12.4 Å². The van der Waals surface area contributed by atoms with Gasteiger partial charge in [-0.3, -0.25) is 9.78 Å². The van der Waals surface area contributed by atoms with Crippen molar-refractivity contribution in [1.82, 2.24) is 4.98 Å². The molecule has 1 amide bonds. The van der Waals surface area contributed by atoms with Crippen LogP contribution in [0.25, 0.3) is 11.3 Å². The topological polar surface area (TPSA) is 69.1 Å². The van der Waals surface area contributed by atoms with E-state index in [1.807, 2.05) is 24.3 Å². The summed E-state index contributed by atoms with van der Waals surface area (Å²) in [6.45, 7) is 0. The summed E-state index contributed by atoms with van der Waals surface area (Å²) < 4.78 is 5.57. The van der Waals surface area contributed by atoms with Crippen molar-refractivity contribution < 1.29 is 9.21 Å². The fourth-order valence-corrected chi connectivity index (χ4v) is 1.42. The number of primary amides is 1. The number of amides is 1. The highest BCUT2D eigenvalue weighted by Gasteiger charge is 2.05. The molecule has 82 valence electrons. The van der Waals surface area contributed by atoms with E-state index in [0.29, 0.717) is 12.8 Å². The molecule has 0 unspecified atom stereocenters. The number of carbonyl (C=O) groups is 1. The molecule has 2 rings (SSSR count). The molecule has 2 aromatic heterocycles. The highest BCUT2D eigenvalue weighted by atomic mass is 16.3. The lowest BCUT2D eigenvalue weighted by atomic mass is 10.2. The summed E-state index contributed by atoms with van der Waals surface area (Å²) in [4.78, 5) is 14.6. The van der Waals surface area contributed by atoms with Crippen LogP contribution in [0, 0.1) is 0 Å². The van der Waals surface area contributed by atoms with E-state index < -0.39 is 0 Å². The van der Waals surface area contributed by atoms with E-state index in [-0.39, 0.29) is 5.91 Å². The molecule has 0 aromatic carbocycles. The molecule has 4 nitrogen and oxygen atoms in total. The van der Waals surface area contributed by atoms with Gasteiger partial charge in [-0.2, -0.15) is 0 Å². The fraction of sp³-hybridized carbons (Fsp3) is 0.167. The number of nitrogens with two attached hydrogens (primary N) is 1. The van der Waals surface area contributed by atoms with E-state index in [1.165, 1.54) is 0 Å². The van der Waals surface area contributed by atoms with Crippen LogP contribution in [0.5, 0.6) is 0 Å². The third-order valence-corrected chi connectivity index (χ3v) is 2.23. The molecule has 2 N–H and O–H groups in total. The van der Waals surface area contributed by atoms with E-state index >= 15 is 0 Å². The standard InChI is InChI=1S/C12H12N2O2/c13-12(15)6-4-10-3-5-11(16-10)9-2-1-7-14-8-9/h1-3,5,7-8H,4,6H2,(H2,13,15). The van der Waals surface area contributed by atoms with Gasteiger partial charge in [-0.1, -0.05) is 0 Å². The zero-order chi connectivity index (χ0) is 11.4. The van der Waals surface area contributed by atoms with Crippen molar-refractivity contribution in [1.29, 1.82) is 0 Å². The van der Waals surface area contributed by atoms with Gasteiger partial charge in [-0.15, -0.1) is 0 Å². The largest absolute Gasteiger partial charge is 0.461 e. The number of furan rings is 1. The minimum absolute atomic E-state index is 0.306. The summed E-state index contributed by atoms with van der Waals surface area (Å²) in [5.74, 6) is 1.20. The second-order valence-corrected chi connectivity index (χ2v) is 3.47. The van der Waals surface area contributed by atoms with Gasteiger partial charge in [-0.25, -0.2) is 0 Å². The Labute approximate surface area is 93.1 Å². The van der Waals surface area contributed by atoms with E-state index in [4.69, 9.17) is 10.2 Å². The number of rotatable bonds is 4. The Balaban J connectivity index is 2.11. The summed E-state index contributed by atoms with van der Waals surface area (Å²) in [7, 11) is 0. The summed E-state index contributed by atoms with van der Waals surface area (Å²) >= 11 is 0. The average Bonchev–Trinajstić information content (AvgIpc) is 2.76. The Kier molecular flexibility index (Phi) is 3.00. The number of nitrogens with zero attached hydrogens (tertiary/aromatic N) is 1. The number of hydrogen-bond donors (Lipinski definition) is 1. The summed E-state index contributed by atoms with van der Waals surface area (Å²) in [5.41, 5.74) is 5.99. The van der Waals surface area contributed by atoms with Crippen molar-refractivity contribution in [2.24, 2.45) is 5.73 Å². The number of aromatic nitrogens is 1. The van der Waals surface area contributed by atoms with Crippen molar-refractivity contribution in [3.8, 4) is 11.3 Å². The average molecular weight is 216 g/mol. The first-order valence-corrected chi connectivity index (χ1v) is 5.03. The first-order valence-electron chi connectivity index (χ1n) is 5.03. The number of carbonyl (C=O) groups excluding carboxylic acids is 1. The van der Waals surface area contributed by atoms with Crippen molar-refractivity contribution in [2.75, 3.05) is 0 Å². The Hall–Kier alpha value is -2.10. The van der Waals surface area contributed by atoms with Crippen molar-refractivity contribution >= 4 is 5.91 Å². The normalized spacial score (nSPS) is 10.2. The summed E-state index contributed by atoms with van der Waals surface area (Å²) in [5, 5.41) is 0. The summed E-state index contributed by atoms with van der Waals surface area (Å²) in [6, 6.07) is 7.49. The van der Waals surface area contributed by atoms with Crippen LogP contribution in [0.1, 0.15) is 12.2 Å². The lowest BCUT2D eigenvalue weighted by Gasteiger charge is -1.95. The first kappa shape index (κ1) is 10.4. The molecule has 0 aliphatic heterocycles. The van der Waals surface area contributed by atoms with Gasteiger partial charge in [0.2, 0.25) is 5.91 Å². The second-order valence-electron chi connectivity index (χ2n) is 3.47. The van der Waals surface area contributed by atoms with Crippen LogP contribution in [0.3, 0.4) is 0 Å². The van der Waals surface area contributed by atoms with Crippen molar-refractivity contribution in [2.45, 2.75) is 12.8 Å². The number of hydrogen-bond acceptors (Lipinski definition) is 3. The minimum atomic E-state index is -0.320. The third-order valence-electron chi connectivity index (χ3n) is 2.23. The minimum Gasteiger partial charge on any atom is -0.461 e. The molecule has 2 aromatic rings. The molecule has 2 heterocycles. The van der Waals surface area contributed by atoms with Crippen molar-refractivity contribution in [3.05, 3.63) is 42.4 Å². The van der Waals surface area contributed by atoms with Gasteiger partial charge in [0, 0.05) is 30.8 Å². The molecule has 4 heteroatoms. The molecule has 0 saturated carbocycles. The maximum absolute atomic E-state index is 10.6. The Bertz CT molecular complexity index is 477. The Morgan fingerprint density at radius 2 is 2.25 bits per heavy atom. The smallest absolute Gasteiger partial charge is 0.217 e. The zero-order valence-electron chi connectivity index (χ0n) is 8.72. The lowest BCUT2D eigenvalue weighted by molar-refractivity contribution is -0.118. The molecular formula is C12H12N2O2. The van der Waals surface area contributed by atoms with Gasteiger partial charge >= 0.3 is 0 Å². The highest BCUT2D eigenvalue weighted by molar-refractivity contribution is 5.73. The van der Waals surface area contributed by atoms with Crippen LogP contribution in [0.15, 0.2) is 41.1 Å². The number of pyridine rings is 1. The van der Waals surface area contributed by atoms with E-state index in [2.05, 4.69) is 4.98 Å². The Morgan fingerprint density at radius 3 is 2.94 bits per heavy atom. The highest BCUT2D eigenvalue weighted by Crippen LogP contribution is 2.21. The van der Waals surface area contributed by atoms with E-state index in [9.17, 15) is 4.79 Å². The van der Waals surface area contributed by atoms with Crippen LogP contribution >= 0.6 is 0 Å². The van der Waals surface area contributed by atoms with Crippen LogP contribution < -0.4 is 5.73 Å². The van der Waals surface area contributed by atoms with E-state index in [0.717, 1.165) is 17.1 Å². The zero-order valence-corrected chi connectivity index (χ0v) is 8.72. The molecule has 0 saturated heterocycles. The predicted molar refractivity (Wildman–Crippen MR) is 59.5 cm³/mol. The van der Waals surface area contributed by atoms with Gasteiger partial charge in [0.15, 0.2) is 0 Å². The molecule has 0 aliphatic carbocycles. The van der Waals surface area contributed by atoms with Crippen LogP contribution in [0.2, 0.25) is 0 Å². The van der Waals surface area contributed by atoms with Crippen LogP contribution in [-0.2, 0) is 11.2 Å². The predicted octanol–water partition coefficient (Wildman–Crippen LogP) is 1.76. The SMILES string of the molecule is NC(=O)CCc1ccc(-c2cccnc2)o1. The summed E-state index contributed by atoms with van der Waals surface area (Å²) in [6.07, 6.45) is 4.28. The Morgan fingerprint density at radius 1 is 1.38 bits per heavy atom. The monoisotopic (exact) mass is 216 g/mol. The van der Waals surface area contributed by atoms with Crippen LogP contribution in [-0.4, -0.2) is 10.9 Å². The van der Waals surface area contributed by atoms with Gasteiger partial charge < -0.3 is 10.2 Å². The maximum atomic E-state index is 10.6. The molecule has 0 fully saturated rings. The fourth-order valence-electron chi connectivity index (χ4n) is 1.42. The molecular weight excluding hydrogens is 204 g/mol. The molecule has 0 aliphatic rings. The van der Waals surface area contributed by atoms with Gasteiger partial charge in [0.05, 0.1) is 0 Å². The quantitative estimate of drug-likeness (QED) is 0.846. The van der Waals surface area contributed by atoms with Crippen molar-refractivity contribution in [3.63, 3.8) is 0 Å². The molecule has 0 radical (unpaired) electrons. The van der Waals surface area contributed by atoms with Gasteiger partial charge in [0.1, 0.15) is 11.5 Å². The first-order chi connectivity index (χ1) is 7.75. The molecule has 0 bridgehead atoms. The molecule has 16 heavy (non-hydrogen) atoms. The molecule has 0 atom stereocenters. The third kappa shape index (κ3) is 2.48.